The van der Waals surface area contributed by atoms with Crippen molar-refractivity contribution in [2.75, 3.05) is 36.2 Å². The summed E-state index contributed by atoms with van der Waals surface area (Å²) in [4.78, 5) is 13.0. The summed E-state index contributed by atoms with van der Waals surface area (Å²) >= 11 is 1.72. The van der Waals surface area contributed by atoms with E-state index in [1.54, 1.807) is 30.0 Å². The Kier molecular flexibility index (Phi) is 4.49. The minimum atomic E-state index is -0.925. The zero-order valence-corrected chi connectivity index (χ0v) is 10.3. The largest absolute Gasteiger partial charge is 0.478 e. The number of nitrogen functional groups attached to an aromatic ring is 1. The number of anilines is 2. The Labute approximate surface area is 99.4 Å². The highest BCUT2D eigenvalue weighted by molar-refractivity contribution is 7.98. The standard InChI is InChI=1S/C11H16N2O2S/c1-13(5-6-16-2)10-7-8(12)3-4-9(10)11(14)15/h3-4,7H,5-6,12H2,1-2H3,(H,14,15). The Morgan fingerprint density at radius 1 is 1.56 bits per heavy atom. The van der Waals surface area contributed by atoms with Crippen LogP contribution in [0.2, 0.25) is 0 Å². The van der Waals surface area contributed by atoms with Gasteiger partial charge in [0, 0.05) is 25.0 Å². The molecule has 5 heteroatoms. The topological polar surface area (TPSA) is 66.6 Å². The molecule has 16 heavy (non-hydrogen) atoms. The molecule has 1 rings (SSSR count). The van der Waals surface area contributed by atoms with Gasteiger partial charge in [0.05, 0.1) is 11.3 Å². The summed E-state index contributed by atoms with van der Waals surface area (Å²) in [5.74, 6) is 0.0238. The van der Waals surface area contributed by atoms with Crippen molar-refractivity contribution in [2.45, 2.75) is 0 Å². The fraction of sp³-hybridized carbons (Fsp3) is 0.364. The summed E-state index contributed by atoms with van der Waals surface area (Å²) in [6.45, 7) is 0.797. The van der Waals surface area contributed by atoms with Crippen LogP contribution < -0.4 is 10.6 Å². The number of nitrogens with zero attached hydrogens (tertiary/aromatic N) is 1. The van der Waals surface area contributed by atoms with E-state index in [-0.39, 0.29) is 5.56 Å². The monoisotopic (exact) mass is 240 g/mol. The molecule has 0 bridgehead atoms. The van der Waals surface area contributed by atoms with Gasteiger partial charge < -0.3 is 15.7 Å². The second-order valence-corrected chi connectivity index (χ2v) is 4.48. The van der Waals surface area contributed by atoms with Crippen LogP contribution in [0.25, 0.3) is 0 Å². The number of carbonyl (C=O) groups is 1. The molecule has 1 aromatic carbocycles. The van der Waals surface area contributed by atoms with Gasteiger partial charge in [-0.1, -0.05) is 0 Å². The summed E-state index contributed by atoms with van der Waals surface area (Å²) < 4.78 is 0. The molecule has 0 amide bonds. The fourth-order valence-electron chi connectivity index (χ4n) is 1.39. The molecule has 88 valence electrons. The van der Waals surface area contributed by atoms with Crippen LogP contribution in [0.15, 0.2) is 18.2 Å². The van der Waals surface area contributed by atoms with E-state index in [1.807, 2.05) is 18.2 Å². The molecule has 0 aliphatic carbocycles. The lowest BCUT2D eigenvalue weighted by Crippen LogP contribution is -2.22. The molecule has 0 aliphatic rings. The first-order valence-electron chi connectivity index (χ1n) is 4.89. The predicted octanol–water partition coefficient (Wildman–Crippen LogP) is 1.77. The summed E-state index contributed by atoms with van der Waals surface area (Å²) in [5, 5.41) is 9.06. The maximum absolute atomic E-state index is 11.0. The molecular weight excluding hydrogens is 224 g/mol. The minimum Gasteiger partial charge on any atom is -0.478 e. The molecule has 3 N–H and O–H groups in total. The molecule has 0 aromatic heterocycles. The van der Waals surface area contributed by atoms with Crippen LogP contribution in [0.4, 0.5) is 11.4 Å². The number of rotatable bonds is 5. The number of benzene rings is 1. The third-order valence-corrected chi connectivity index (χ3v) is 2.89. The van der Waals surface area contributed by atoms with Crippen LogP contribution in [0.5, 0.6) is 0 Å². The minimum absolute atomic E-state index is 0.290. The second-order valence-electron chi connectivity index (χ2n) is 3.50. The Morgan fingerprint density at radius 2 is 2.25 bits per heavy atom. The van der Waals surface area contributed by atoms with Crippen molar-refractivity contribution < 1.29 is 9.90 Å². The summed E-state index contributed by atoms with van der Waals surface area (Å²) in [7, 11) is 1.87. The molecule has 0 radical (unpaired) electrons. The third-order valence-electron chi connectivity index (χ3n) is 2.29. The number of nitrogens with two attached hydrogens (primary N) is 1. The van der Waals surface area contributed by atoms with Gasteiger partial charge in [-0.2, -0.15) is 11.8 Å². The van der Waals surface area contributed by atoms with Crippen molar-refractivity contribution in [3.8, 4) is 0 Å². The maximum atomic E-state index is 11.0. The molecule has 1 aromatic rings. The first-order chi connectivity index (χ1) is 7.56. The van der Waals surface area contributed by atoms with Crippen LogP contribution in [-0.2, 0) is 0 Å². The van der Waals surface area contributed by atoms with Crippen molar-refractivity contribution in [1.82, 2.24) is 0 Å². The number of thioether (sulfide) groups is 1. The van der Waals surface area contributed by atoms with E-state index >= 15 is 0 Å². The average Bonchev–Trinajstić information content (AvgIpc) is 2.25. The van der Waals surface area contributed by atoms with E-state index in [4.69, 9.17) is 10.8 Å². The molecule has 0 heterocycles. The normalized spacial score (nSPS) is 10.1. The highest BCUT2D eigenvalue weighted by Crippen LogP contribution is 2.22. The quantitative estimate of drug-likeness (QED) is 0.768. The third kappa shape index (κ3) is 3.06. The van der Waals surface area contributed by atoms with Crippen molar-refractivity contribution in [2.24, 2.45) is 0 Å². The molecular formula is C11H16N2O2S. The maximum Gasteiger partial charge on any atom is 0.337 e. The van der Waals surface area contributed by atoms with Gasteiger partial charge in [0.25, 0.3) is 0 Å². The van der Waals surface area contributed by atoms with Gasteiger partial charge in [0.1, 0.15) is 0 Å². The highest BCUT2D eigenvalue weighted by Gasteiger charge is 2.13. The lowest BCUT2D eigenvalue weighted by atomic mass is 10.1. The van der Waals surface area contributed by atoms with Crippen LogP contribution in [0, 0.1) is 0 Å². The van der Waals surface area contributed by atoms with Crippen LogP contribution in [0.1, 0.15) is 10.4 Å². The molecule has 0 fully saturated rings. The Bertz CT molecular complexity index is 382. The van der Waals surface area contributed by atoms with Crippen molar-refractivity contribution in [1.29, 1.82) is 0 Å². The van der Waals surface area contributed by atoms with E-state index < -0.39 is 5.97 Å². The van der Waals surface area contributed by atoms with Gasteiger partial charge in [0.15, 0.2) is 0 Å². The SMILES string of the molecule is CSCCN(C)c1cc(N)ccc1C(=O)O. The lowest BCUT2D eigenvalue weighted by Gasteiger charge is -2.21. The van der Waals surface area contributed by atoms with Crippen molar-refractivity contribution in [3.63, 3.8) is 0 Å². The van der Waals surface area contributed by atoms with E-state index in [2.05, 4.69) is 0 Å². The predicted molar refractivity (Wildman–Crippen MR) is 69.5 cm³/mol. The van der Waals surface area contributed by atoms with Gasteiger partial charge in [-0.15, -0.1) is 0 Å². The van der Waals surface area contributed by atoms with Gasteiger partial charge in [-0.05, 0) is 24.5 Å². The Morgan fingerprint density at radius 3 is 2.81 bits per heavy atom. The Hall–Kier alpha value is -1.36. The van der Waals surface area contributed by atoms with Gasteiger partial charge in [-0.25, -0.2) is 4.79 Å². The molecule has 0 unspecified atom stereocenters. The van der Waals surface area contributed by atoms with E-state index in [9.17, 15) is 4.79 Å². The zero-order chi connectivity index (χ0) is 12.1. The van der Waals surface area contributed by atoms with Crippen LogP contribution >= 0.6 is 11.8 Å². The first kappa shape index (κ1) is 12.7. The Balaban J connectivity index is 2.99. The molecule has 0 saturated heterocycles. The van der Waals surface area contributed by atoms with E-state index in [0.717, 1.165) is 12.3 Å². The van der Waals surface area contributed by atoms with Crippen LogP contribution in [-0.4, -0.2) is 36.7 Å². The van der Waals surface area contributed by atoms with E-state index in [0.29, 0.717) is 11.4 Å². The van der Waals surface area contributed by atoms with Crippen molar-refractivity contribution in [3.05, 3.63) is 23.8 Å². The molecule has 0 atom stereocenters. The summed E-state index contributed by atoms with van der Waals surface area (Å²) in [6, 6.07) is 4.85. The number of carboxylic acid groups (broad SMARTS) is 1. The van der Waals surface area contributed by atoms with Crippen LogP contribution in [0.3, 0.4) is 0 Å². The molecule has 0 aliphatic heterocycles. The van der Waals surface area contributed by atoms with E-state index in [1.165, 1.54) is 0 Å². The number of carboxylic acids is 1. The molecule has 0 saturated carbocycles. The smallest absolute Gasteiger partial charge is 0.337 e. The van der Waals surface area contributed by atoms with Gasteiger partial charge >= 0.3 is 5.97 Å². The fourth-order valence-corrected chi connectivity index (χ4v) is 1.85. The first-order valence-corrected chi connectivity index (χ1v) is 6.28. The summed E-state index contributed by atoms with van der Waals surface area (Å²) in [5.41, 5.74) is 7.21. The summed E-state index contributed by atoms with van der Waals surface area (Å²) in [6.07, 6.45) is 2.02. The number of hydrogen-bond donors (Lipinski definition) is 2. The van der Waals surface area contributed by atoms with Crippen molar-refractivity contribution >= 4 is 29.1 Å². The molecule has 0 spiro atoms. The zero-order valence-electron chi connectivity index (χ0n) is 9.43. The number of hydrogen-bond acceptors (Lipinski definition) is 4. The molecule has 4 nitrogen and oxygen atoms in total. The number of aromatic carboxylic acids is 1. The lowest BCUT2D eigenvalue weighted by molar-refractivity contribution is 0.0697. The average molecular weight is 240 g/mol. The second kappa shape index (κ2) is 5.65. The highest BCUT2D eigenvalue weighted by atomic mass is 32.2. The van der Waals surface area contributed by atoms with Gasteiger partial charge in [0.2, 0.25) is 0 Å². The van der Waals surface area contributed by atoms with Gasteiger partial charge in [-0.3, -0.25) is 0 Å².